The molecule has 0 radical (unpaired) electrons. The number of hydrogen-bond donors (Lipinski definition) is 0. The van der Waals surface area contributed by atoms with Crippen molar-refractivity contribution in [3.8, 4) is 28.5 Å². The van der Waals surface area contributed by atoms with E-state index in [1.54, 1.807) is 0 Å². The van der Waals surface area contributed by atoms with E-state index in [0.29, 0.717) is 11.8 Å². The van der Waals surface area contributed by atoms with Crippen LogP contribution in [-0.4, -0.2) is 33.9 Å². The average Bonchev–Trinajstić information content (AvgIpc) is 3.66. The van der Waals surface area contributed by atoms with E-state index in [1.807, 2.05) is 65.5 Å². The molecular formula is C39H23N7. The molecule has 4 aromatic heterocycles. The Bertz CT molecular complexity index is 2800. The molecule has 0 saturated heterocycles. The Balaban J connectivity index is 1.23. The van der Waals surface area contributed by atoms with Crippen molar-refractivity contribution in [3.63, 3.8) is 0 Å². The monoisotopic (exact) mass is 589 g/mol. The van der Waals surface area contributed by atoms with Crippen LogP contribution in [0.4, 0.5) is 0 Å². The van der Waals surface area contributed by atoms with Crippen molar-refractivity contribution >= 4 is 60.4 Å². The predicted molar refractivity (Wildman–Crippen MR) is 184 cm³/mol. The molecule has 7 nitrogen and oxygen atoms in total. The van der Waals surface area contributed by atoms with Crippen LogP contribution in [0.3, 0.4) is 0 Å². The molecular weight excluding hydrogens is 566 g/mol. The molecule has 0 spiro atoms. The van der Waals surface area contributed by atoms with Crippen LogP contribution in [0.2, 0.25) is 0 Å². The first-order chi connectivity index (χ1) is 22.8. The second kappa shape index (κ2) is 9.51. The van der Waals surface area contributed by atoms with Gasteiger partial charge in [0.05, 0.1) is 22.1 Å². The summed E-state index contributed by atoms with van der Waals surface area (Å²) in [5.74, 6) is 1.95. The second-order valence-electron chi connectivity index (χ2n) is 11.4. The van der Waals surface area contributed by atoms with E-state index in [-0.39, 0.29) is 0 Å². The van der Waals surface area contributed by atoms with E-state index >= 15 is 0 Å². The van der Waals surface area contributed by atoms with E-state index in [0.717, 1.165) is 71.5 Å². The molecule has 0 unspecified atom stereocenters. The summed E-state index contributed by atoms with van der Waals surface area (Å²) in [6.45, 7) is 0. The number of para-hydroxylation sites is 4. The second-order valence-corrected chi connectivity index (χ2v) is 11.4. The zero-order chi connectivity index (χ0) is 30.2. The molecule has 0 amide bonds. The summed E-state index contributed by atoms with van der Waals surface area (Å²) in [4.78, 5) is 25.3. The van der Waals surface area contributed by atoms with Gasteiger partial charge >= 0.3 is 0 Å². The zero-order valence-corrected chi connectivity index (χ0v) is 24.4. The Labute approximate surface area is 262 Å². The van der Waals surface area contributed by atoms with Gasteiger partial charge in [-0.3, -0.25) is 4.40 Å². The van der Waals surface area contributed by atoms with Gasteiger partial charge in [0.2, 0.25) is 11.7 Å². The fourth-order valence-electron chi connectivity index (χ4n) is 6.70. The molecule has 7 heteroatoms. The third kappa shape index (κ3) is 3.56. The lowest BCUT2D eigenvalue weighted by atomic mass is 10.0. The summed E-state index contributed by atoms with van der Waals surface area (Å²) in [6, 6.07) is 43.5. The van der Waals surface area contributed by atoms with Gasteiger partial charge in [-0.15, -0.1) is 0 Å². The Hall–Kier alpha value is -6.47. The first kappa shape index (κ1) is 24.9. The number of hydrogen-bond acceptors (Lipinski definition) is 5. The van der Waals surface area contributed by atoms with E-state index in [9.17, 15) is 0 Å². The standard InChI is InChI=1S/C39H23N7/c1-2-10-24(11-3-1)25-18-20-26(21-19-25)37-40-22-29-27-12-4-5-13-28(27)30-23-41-38(44-36(30)35(29)43-37)46-34-17-9-8-16-33(34)45-32-15-7-6-14-31(32)42-39(45)46/h1-23H. The largest absolute Gasteiger partial charge is 0.276 e. The van der Waals surface area contributed by atoms with Gasteiger partial charge < -0.3 is 0 Å². The maximum absolute atomic E-state index is 5.26. The number of fused-ring (bicyclic) bond motifs is 11. The molecule has 214 valence electrons. The molecule has 0 atom stereocenters. The average molecular weight is 590 g/mol. The highest BCUT2D eigenvalue weighted by molar-refractivity contribution is 6.22. The van der Waals surface area contributed by atoms with Gasteiger partial charge in [-0.2, -0.15) is 0 Å². The van der Waals surface area contributed by atoms with Crippen LogP contribution in [0.5, 0.6) is 0 Å². The molecule has 6 aromatic carbocycles. The lowest BCUT2D eigenvalue weighted by Gasteiger charge is -2.11. The molecule has 0 saturated carbocycles. The number of rotatable bonds is 3. The van der Waals surface area contributed by atoms with Crippen molar-refractivity contribution in [2.24, 2.45) is 0 Å². The van der Waals surface area contributed by atoms with Gasteiger partial charge in [-0.25, -0.2) is 29.5 Å². The van der Waals surface area contributed by atoms with Gasteiger partial charge in [0, 0.05) is 28.7 Å². The molecule has 0 aliphatic heterocycles. The Morgan fingerprint density at radius 2 is 1.00 bits per heavy atom. The Morgan fingerprint density at radius 3 is 1.78 bits per heavy atom. The quantitative estimate of drug-likeness (QED) is 0.193. The Kier molecular flexibility index (Phi) is 5.15. The van der Waals surface area contributed by atoms with Crippen LogP contribution >= 0.6 is 0 Å². The minimum absolute atomic E-state index is 0.540. The molecule has 0 bridgehead atoms. The lowest BCUT2D eigenvalue weighted by molar-refractivity contribution is 0.985. The minimum atomic E-state index is 0.540. The number of imidazole rings is 2. The summed E-state index contributed by atoms with van der Waals surface area (Å²) in [5, 5.41) is 4.03. The first-order valence-corrected chi connectivity index (χ1v) is 15.2. The topological polar surface area (TPSA) is 73.8 Å². The molecule has 4 heterocycles. The van der Waals surface area contributed by atoms with Crippen LogP contribution in [-0.2, 0) is 0 Å². The maximum atomic E-state index is 5.26. The first-order valence-electron chi connectivity index (χ1n) is 15.2. The van der Waals surface area contributed by atoms with Crippen LogP contribution in [0.25, 0.3) is 88.9 Å². The molecule has 0 aliphatic carbocycles. The lowest BCUT2D eigenvalue weighted by Crippen LogP contribution is -2.03. The predicted octanol–water partition coefficient (Wildman–Crippen LogP) is 8.80. The Morgan fingerprint density at radius 1 is 0.413 bits per heavy atom. The SMILES string of the molecule is c1ccc(-c2ccc(-c3ncc4c5ccccc5c5cnc(-n6c7ccccc7n7c8ccccc8nc67)nc5c4n3)cc2)cc1. The van der Waals surface area contributed by atoms with Crippen LogP contribution < -0.4 is 0 Å². The summed E-state index contributed by atoms with van der Waals surface area (Å²) >= 11 is 0. The van der Waals surface area contributed by atoms with Gasteiger partial charge in [-0.05, 0) is 46.2 Å². The summed E-state index contributed by atoms with van der Waals surface area (Å²) in [6.07, 6.45) is 3.85. The highest BCUT2D eigenvalue weighted by atomic mass is 15.3. The van der Waals surface area contributed by atoms with E-state index in [4.69, 9.17) is 24.9 Å². The van der Waals surface area contributed by atoms with Crippen molar-refractivity contribution < 1.29 is 0 Å². The van der Waals surface area contributed by atoms with Crippen LogP contribution in [0.15, 0.2) is 140 Å². The maximum Gasteiger partial charge on any atom is 0.237 e. The fourth-order valence-corrected chi connectivity index (χ4v) is 6.70. The minimum Gasteiger partial charge on any atom is -0.276 e. The molecule has 0 N–H and O–H groups in total. The normalized spacial score (nSPS) is 11.9. The van der Waals surface area contributed by atoms with Crippen molar-refractivity contribution in [1.29, 1.82) is 0 Å². The van der Waals surface area contributed by atoms with E-state index in [2.05, 4.69) is 83.3 Å². The van der Waals surface area contributed by atoms with Gasteiger partial charge in [0.15, 0.2) is 5.82 Å². The van der Waals surface area contributed by atoms with Gasteiger partial charge in [0.1, 0.15) is 11.0 Å². The van der Waals surface area contributed by atoms with E-state index in [1.165, 1.54) is 5.56 Å². The summed E-state index contributed by atoms with van der Waals surface area (Å²) < 4.78 is 4.22. The summed E-state index contributed by atoms with van der Waals surface area (Å²) in [5.41, 5.74) is 8.81. The number of aromatic nitrogens is 7. The number of nitrogens with zero attached hydrogens (tertiary/aromatic N) is 7. The molecule has 46 heavy (non-hydrogen) atoms. The molecule has 10 rings (SSSR count). The van der Waals surface area contributed by atoms with Crippen molar-refractivity contribution in [2.75, 3.05) is 0 Å². The smallest absolute Gasteiger partial charge is 0.237 e. The van der Waals surface area contributed by atoms with Crippen molar-refractivity contribution in [3.05, 3.63) is 140 Å². The van der Waals surface area contributed by atoms with Crippen LogP contribution in [0, 0.1) is 0 Å². The molecule has 10 aromatic rings. The van der Waals surface area contributed by atoms with E-state index < -0.39 is 0 Å². The third-order valence-corrected chi connectivity index (χ3v) is 8.85. The third-order valence-electron chi connectivity index (χ3n) is 8.85. The van der Waals surface area contributed by atoms with Crippen molar-refractivity contribution in [1.82, 2.24) is 33.9 Å². The fraction of sp³-hybridized carbons (Fsp3) is 0. The number of benzene rings is 6. The highest BCUT2D eigenvalue weighted by Crippen LogP contribution is 2.35. The van der Waals surface area contributed by atoms with Crippen molar-refractivity contribution in [2.45, 2.75) is 0 Å². The summed E-state index contributed by atoms with van der Waals surface area (Å²) in [7, 11) is 0. The van der Waals surface area contributed by atoms with Gasteiger partial charge in [0.25, 0.3) is 0 Å². The van der Waals surface area contributed by atoms with Crippen LogP contribution in [0.1, 0.15) is 0 Å². The molecule has 0 fully saturated rings. The molecule has 0 aliphatic rings. The highest BCUT2D eigenvalue weighted by Gasteiger charge is 2.20. The van der Waals surface area contributed by atoms with Gasteiger partial charge in [-0.1, -0.05) is 103 Å². The zero-order valence-electron chi connectivity index (χ0n) is 24.4.